The van der Waals surface area contributed by atoms with E-state index in [1.54, 1.807) is 24.1 Å². The lowest BCUT2D eigenvalue weighted by Gasteiger charge is -2.54. The molecule has 298 valence electrons. The number of carbonyl (C=O) groups is 2. The Morgan fingerprint density at radius 2 is 1.75 bits per heavy atom. The summed E-state index contributed by atoms with van der Waals surface area (Å²) in [5.41, 5.74) is 7.28. The number of rotatable bonds is 18. The average Bonchev–Trinajstić information content (AvgIpc) is 3.18. The number of anilines is 2. The molecule has 4 heterocycles. The molecule has 0 aliphatic carbocycles. The minimum atomic E-state index is -0.200. The van der Waals surface area contributed by atoms with Crippen LogP contribution in [-0.4, -0.2) is 92.6 Å². The van der Waals surface area contributed by atoms with Crippen LogP contribution >= 0.6 is 0 Å². The number of ether oxygens (including phenoxy) is 2. The Morgan fingerprint density at radius 1 is 1.05 bits per heavy atom. The van der Waals surface area contributed by atoms with Crippen LogP contribution in [0.2, 0.25) is 0 Å². The van der Waals surface area contributed by atoms with Gasteiger partial charge in [0.1, 0.15) is 12.4 Å². The number of hydrogen-bond donors (Lipinski definition) is 2. The Bertz CT molecular complexity index is 2070. The summed E-state index contributed by atoms with van der Waals surface area (Å²) < 4.78 is 11.5. The van der Waals surface area contributed by atoms with E-state index in [1.807, 2.05) is 43.6 Å². The van der Waals surface area contributed by atoms with Crippen LogP contribution in [0.1, 0.15) is 69.8 Å². The van der Waals surface area contributed by atoms with Crippen LogP contribution in [0.25, 0.3) is 0 Å². The van der Waals surface area contributed by atoms with Crippen molar-refractivity contribution in [2.24, 2.45) is 5.41 Å². The van der Waals surface area contributed by atoms with Crippen LogP contribution in [0, 0.1) is 5.41 Å². The van der Waals surface area contributed by atoms with E-state index in [9.17, 15) is 9.59 Å². The Labute approximate surface area is 336 Å². The number of amides is 1. The zero-order chi connectivity index (χ0) is 40.2. The van der Waals surface area contributed by atoms with E-state index >= 15 is 0 Å². The van der Waals surface area contributed by atoms with Gasteiger partial charge in [-0.1, -0.05) is 62.9 Å². The van der Waals surface area contributed by atoms with Crippen molar-refractivity contribution in [3.05, 3.63) is 137 Å². The molecule has 7 rings (SSSR count). The summed E-state index contributed by atoms with van der Waals surface area (Å²) in [6, 6.07) is 24.8. The second-order valence-corrected chi connectivity index (χ2v) is 16.3. The molecule has 11 heteroatoms. The van der Waals surface area contributed by atoms with Gasteiger partial charge in [-0.2, -0.15) is 0 Å². The second kappa shape index (κ2) is 16.9. The Morgan fingerprint density at radius 3 is 2.39 bits per heavy atom. The number of allylic oxidation sites excluding steroid dienone is 1. The zero-order valence-corrected chi connectivity index (χ0v) is 33.7. The molecule has 0 radical (unpaired) electrons. The van der Waals surface area contributed by atoms with E-state index in [-0.39, 0.29) is 17.4 Å². The van der Waals surface area contributed by atoms with Crippen molar-refractivity contribution in [3.8, 4) is 5.75 Å². The molecule has 57 heavy (non-hydrogen) atoms. The molecule has 11 nitrogen and oxygen atoms in total. The van der Waals surface area contributed by atoms with Gasteiger partial charge in [-0.05, 0) is 65.9 Å². The second-order valence-electron chi connectivity index (χ2n) is 16.3. The van der Waals surface area contributed by atoms with Crippen LogP contribution < -0.4 is 25.2 Å². The molecule has 0 saturated carbocycles. The summed E-state index contributed by atoms with van der Waals surface area (Å²) in [5.74, 6) is 1.37. The summed E-state index contributed by atoms with van der Waals surface area (Å²) in [6.07, 6.45) is 5.76. The fraction of sp³-hybridized carbons (Fsp3) is 0.391. The predicted molar refractivity (Wildman–Crippen MR) is 225 cm³/mol. The number of nitrogens with one attached hydrogen (secondary N) is 2. The highest BCUT2D eigenvalue weighted by molar-refractivity contribution is 6.02. The first-order valence-electron chi connectivity index (χ1n) is 19.8. The first-order valence-corrected chi connectivity index (χ1v) is 19.8. The van der Waals surface area contributed by atoms with Gasteiger partial charge in [0.2, 0.25) is 5.95 Å². The third kappa shape index (κ3) is 8.74. The van der Waals surface area contributed by atoms with Gasteiger partial charge < -0.3 is 34.8 Å². The van der Waals surface area contributed by atoms with E-state index in [0.29, 0.717) is 35.6 Å². The van der Waals surface area contributed by atoms with Crippen molar-refractivity contribution >= 4 is 23.8 Å². The fourth-order valence-electron chi connectivity index (χ4n) is 7.80. The van der Waals surface area contributed by atoms with Crippen molar-refractivity contribution in [1.29, 1.82) is 0 Å². The molecule has 3 aliphatic heterocycles. The molecule has 1 aromatic heterocycles. The standard InChI is InChI=1S/C46H55N7O4/c1-7-39(15-8-32(2)47-5)51(6)43(55)42-19-16-40(22-34(42)26-54)52-24-38(25-52)49-23-33-9-11-35(12-10-33)45(3,4)36-13-17-41(18-14-36)57-27-37-20-21-48-44(50-37)53-28-46(29-53)30-56-31-46/h7,9-14,16-22,26,38-39,47,49H,1-2,8,15,23-25,27-31H2,3-6H3. The van der Waals surface area contributed by atoms with E-state index in [2.05, 4.69) is 88.8 Å². The molecule has 4 aromatic rings. The highest BCUT2D eigenvalue weighted by Crippen LogP contribution is 2.39. The molecule has 0 bridgehead atoms. The Hall–Kier alpha value is -5.52. The van der Waals surface area contributed by atoms with Crippen LogP contribution in [0.3, 0.4) is 0 Å². The molecular formula is C46H55N7O4. The van der Waals surface area contributed by atoms with Gasteiger partial charge in [0.15, 0.2) is 6.29 Å². The first kappa shape index (κ1) is 39.7. The summed E-state index contributed by atoms with van der Waals surface area (Å²) >= 11 is 0. The summed E-state index contributed by atoms with van der Waals surface area (Å²) in [7, 11) is 3.58. The molecule has 3 saturated heterocycles. The Kier molecular flexibility index (Phi) is 11.8. The van der Waals surface area contributed by atoms with Crippen LogP contribution in [0.4, 0.5) is 11.6 Å². The van der Waals surface area contributed by atoms with E-state index in [0.717, 1.165) is 87.4 Å². The van der Waals surface area contributed by atoms with Crippen molar-refractivity contribution in [1.82, 2.24) is 25.5 Å². The third-order valence-electron chi connectivity index (χ3n) is 11.9. The summed E-state index contributed by atoms with van der Waals surface area (Å²) in [6.45, 7) is 18.8. The maximum absolute atomic E-state index is 13.4. The SMILES string of the molecule is C=CC(CCC(=C)NC)N(C)C(=O)c1ccc(N2CC(NCc3ccc(C(C)(C)c4ccc(OCc5ccnc(N6CC7(COC7)C6)n5)cc4)cc3)C2)cc1C=O. The molecule has 1 unspecified atom stereocenters. The smallest absolute Gasteiger partial charge is 0.254 e. The fourth-order valence-corrected chi connectivity index (χ4v) is 7.80. The largest absolute Gasteiger partial charge is 0.487 e. The molecule has 2 N–H and O–H groups in total. The minimum Gasteiger partial charge on any atom is -0.487 e. The predicted octanol–water partition coefficient (Wildman–Crippen LogP) is 6.15. The van der Waals surface area contributed by atoms with Gasteiger partial charge in [0, 0.05) is 81.4 Å². The van der Waals surface area contributed by atoms with E-state index in [4.69, 9.17) is 14.5 Å². The van der Waals surface area contributed by atoms with E-state index in [1.165, 1.54) is 16.7 Å². The summed E-state index contributed by atoms with van der Waals surface area (Å²) in [5, 5.41) is 6.71. The normalized spacial score (nSPS) is 16.5. The lowest BCUT2D eigenvalue weighted by atomic mass is 9.78. The summed E-state index contributed by atoms with van der Waals surface area (Å²) in [4.78, 5) is 40.8. The highest BCUT2D eigenvalue weighted by Gasteiger charge is 2.50. The average molecular weight is 770 g/mol. The number of likely N-dealkylation sites (N-methyl/N-ethyl adjacent to an activating group) is 1. The van der Waals surface area contributed by atoms with Gasteiger partial charge >= 0.3 is 0 Å². The number of hydrogen-bond acceptors (Lipinski definition) is 10. The van der Waals surface area contributed by atoms with E-state index < -0.39 is 0 Å². The topological polar surface area (TPSA) is 112 Å². The minimum absolute atomic E-state index is 0.173. The van der Waals surface area contributed by atoms with Gasteiger partial charge in [0.05, 0.1) is 35.9 Å². The van der Waals surface area contributed by atoms with Gasteiger partial charge in [-0.15, -0.1) is 6.58 Å². The monoisotopic (exact) mass is 769 g/mol. The van der Waals surface area contributed by atoms with Crippen molar-refractivity contribution < 1.29 is 19.1 Å². The maximum atomic E-state index is 13.4. The van der Waals surface area contributed by atoms with Crippen molar-refractivity contribution in [3.63, 3.8) is 0 Å². The number of nitrogens with zero attached hydrogens (tertiary/aromatic N) is 5. The number of benzene rings is 3. The van der Waals surface area contributed by atoms with Crippen LogP contribution in [0.15, 0.2) is 104 Å². The number of aromatic nitrogens is 2. The molecule has 3 fully saturated rings. The van der Waals surface area contributed by atoms with Crippen LogP contribution in [-0.2, 0) is 23.3 Å². The molecule has 1 spiro atoms. The van der Waals surface area contributed by atoms with Gasteiger partial charge in [-0.3, -0.25) is 9.59 Å². The number of carbonyl (C=O) groups excluding carboxylic acids is 2. The Balaban J connectivity index is 0.866. The van der Waals surface area contributed by atoms with Crippen molar-refractivity contribution in [2.75, 3.05) is 63.3 Å². The lowest BCUT2D eigenvalue weighted by Crippen LogP contribution is -2.66. The molecule has 1 amide bonds. The molecular weight excluding hydrogens is 715 g/mol. The first-order chi connectivity index (χ1) is 27.5. The quantitative estimate of drug-likeness (QED) is 0.0904. The molecule has 1 atom stereocenters. The van der Waals surface area contributed by atoms with Gasteiger partial charge in [-0.25, -0.2) is 9.97 Å². The number of aldehydes is 1. The third-order valence-corrected chi connectivity index (χ3v) is 11.9. The lowest BCUT2D eigenvalue weighted by molar-refractivity contribution is -0.127. The highest BCUT2D eigenvalue weighted by atomic mass is 16.5. The van der Waals surface area contributed by atoms with Gasteiger partial charge in [0.25, 0.3) is 5.91 Å². The van der Waals surface area contributed by atoms with Crippen LogP contribution in [0.5, 0.6) is 5.75 Å². The van der Waals surface area contributed by atoms with Crippen molar-refractivity contribution in [2.45, 2.75) is 57.3 Å². The zero-order valence-electron chi connectivity index (χ0n) is 33.7. The maximum Gasteiger partial charge on any atom is 0.254 e. The molecule has 3 aliphatic rings. The molecule has 3 aromatic carbocycles.